The van der Waals surface area contributed by atoms with Crippen molar-refractivity contribution in [3.05, 3.63) is 48.3 Å². The highest BCUT2D eigenvalue weighted by molar-refractivity contribution is 6.09. The number of benzene rings is 1. The van der Waals surface area contributed by atoms with Crippen LogP contribution in [0.3, 0.4) is 0 Å². The summed E-state index contributed by atoms with van der Waals surface area (Å²) in [7, 11) is 5.10. The minimum atomic E-state index is -0.106. The molecule has 0 saturated carbocycles. The molecule has 0 unspecified atom stereocenters. The number of ether oxygens (including phenoxy) is 1. The number of nitrogens with zero attached hydrogens (tertiary/aromatic N) is 2. The lowest BCUT2D eigenvalue weighted by Gasteiger charge is -2.19. The molecular weight excluding hydrogens is 254 g/mol. The van der Waals surface area contributed by atoms with Crippen molar-refractivity contribution in [3.8, 4) is 5.75 Å². The van der Waals surface area contributed by atoms with Gasteiger partial charge in [0.15, 0.2) is 0 Å². The summed E-state index contributed by atoms with van der Waals surface area (Å²) in [6.45, 7) is 0. The van der Waals surface area contributed by atoms with E-state index in [0.29, 0.717) is 17.0 Å². The Labute approximate surface area is 118 Å². The molecule has 0 aliphatic rings. The molecule has 0 aliphatic carbocycles. The van der Waals surface area contributed by atoms with Gasteiger partial charge in [0.05, 0.1) is 24.6 Å². The molecule has 2 aromatic rings. The van der Waals surface area contributed by atoms with Crippen LogP contribution in [-0.4, -0.2) is 32.1 Å². The topological polar surface area (TPSA) is 54.5 Å². The van der Waals surface area contributed by atoms with E-state index in [-0.39, 0.29) is 5.91 Å². The Morgan fingerprint density at radius 1 is 1.35 bits per heavy atom. The Balaban J connectivity index is 2.32. The maximum Gasteiger partial charge on any atom is 0.260 e. The van der Waals surface area contributed by atoms with E-state index in [4.69, 9.17) is 4.74 Å². The normalized spacial score (nSPS) is 9.95. The molecule has 2 rings (SSSR count). The molecule has 0 atom stereocenters. The zero-order chi connectivity index (χ0) is 14.5. The average Bonchev–Trinajstić information content (AvgIpc) is 2.53. The van der Waals surface area contributed by atoms with E-state index in [9.17, 15) is 4.79 Å². The zero-order valence-corrected chi connectivity index (χ0v) is 11.8. The van der Waals surface area contributed by atoms with Gasteiger partial charge in [0.1, 0.15) is 5.75 Å². The number of pyridine rings is 1. The molecule has 0 saturated heterocycles. The van der Waals surface area contributed by atoms with Gasteiger partial charge >= 0.3 is 0 Å². The summed E-state index contributed by atoms with van der Waals surface area (Å²) in [5, 5.41) is 2.97. The van der Waals surface area contributed by atoms with Crippen LogP contribution >= 0.6 is 0 Å². The molecule has 20 heavy (non-hydrogen) atoms. The minimum absolute atomic E-state index is 0.106. The van der Waals surface area contributed by atoms with Crippen molar-refractivity contribution in [1.82, 2.24) is 4.98 Å². The van der Waals surface area contributed by atoms with Crippen LogP contribution in [0.2, 0.25) is 0 Å². The van der Waals surface area contributed by atoms with E-state index < -0.39 is 0 Å². The van der Waals surface area contributed by atoms with Gasteiger partial charge in [-0.05, 0) is 18.2 Å². The monoisotopic (exact) mass is 271 g/mol. The van der Waals surface area contributed by atoms with E-state index in [1.807, 2.05) is 24.3 Å². The van der Waals surface area contributed by atoms with Gasteiger partial charge in [-0.2, -0.15) is 0 Å². The van der Waals surface area contributed by atoms with Crippen molar-refractivity contribution < 1.29 is 9.53 Å². The van der Waals surface area contributed by atoms with E-state index >= 15 is 0 Å². The van der Waals surface area contributed by atoms with Gasteiger partial charge in [-0.1, -0.05) is 6.07 Å². The second-order valence-corrected chi connectivity index (χ2v) is 4.24. The van der Waals surface area contributed by atoms with Crippen molar-refractivity contribution in [2.24, 2.45) is 0 Å². The summed E-state index contributed by atoms with van der Waals surface area (Å²) in [6, 6.07) is 9.07. The summed E-state index contributed by atoms with van der Waals surface area (Å²) in [5.74, 6) is 0.607. The van der Waals surface area contributed by atoms with Crippen LogP contribution in [0.25, 0.3) is 0 Å². The second-order valence-electron chi connectivity index (χ2n) is 4.24. The number of carbonyl (C=O) groups is 1. The fraction of sp³-hybridized carbons (Fsp3) is 0.200. The van der Waals surface area contributed by atoms with Crippen LogP contribution in [0.5, 0.6) is 5.75 Å². The number of hydrogen-bond donors (Lipinski definition) is 1. The number of anilines is 2. The van der Waals surface area contributed by atoms with E-state index in [1.54, 1.807) is 44.6 Å². The maximum atomic E-state index is 12.5. The number of carbonyl (C=O) groups excluding carboxylic acids is 1. The van der Waals surface area contributed by atoms with E-state index in [2.05, 4.69) is 10.3 Å². The Bertz CT molecular complexity index is 614. The van der Waals surface area contributed by atoms with Gasteiger partial charge in [-0.25, -0.2) is 0 Å². The first-order valence-electron chi connectivity index (χ1n) is 6.21. The maximum absolute atomic E-state index is 12.5. The molecule has 5 heteroatoms. The average molecular weight is 271 g/mol. The van der Waals surface area contributed by atoms with Crippen molar-refractivity contribution in [3.63, 3.8) is 0 Å². The number of hydrogen-bond acceptors (Lipinski definition) is 4. The third kappa shape index (κ3) is 2.71. The zero-order valence-electron chi connectivity index (χ0n) is 11.8. The summed E-state index contributed by atoms with van der Waals surface area (Å²) in [6.07, 6.45) is 3.24. The third-order valence-corrected chi connectivity index (χ3v) is 3.07. The molecule has 1 N–H and O–H groups in total. The van der Waals surface area contributed by atoms with Gasteiger partial charge in [-0.3, -0.25) is 9.78 Å². The lowest BCUT2D eigenvalue weighted by molar-refractivity contribution is 0.0993. The lowest BCUT2D eigenvalue weighted by atomic mass is 10.2. The summed E-state index contributed by atoms with van der Waals surface area (Å²) in [5.41, 5.74) is 2.05. The predicted octanol–water partition coefficient (Wildman–Crippen LogP) is 2.41. The number of aromatic nitrogens is 1. The number of rotatable bonds is 4. The lowest BCUT2D eigenvalue weighted by Crippen LogP contribution is -2.27. The van der Waals surface area contributed by atoms with Crippen LogP contribution in [0, 0.1) is 0 Å². The molecule has 104 valence electrons. The molecule has 0 bridgehead atoms. The van der Waals surface area contributed by atoms with Gasteiger partial charge in [0.25, 0.3) is 5.91 Å². The Morgan fingerprint density at radius 3 is 2.85 bits per heavy atom. The smallest absolute Gasteiger partial charge is 0.260 e. The van der Waals surface area contributed by atoms with Gasteiger partial charge < -0.3 is 15.0 Å². The van der Waals surface area contributed by atoms with Crippen molar-refractivity contribution in [2.75, 3.05) is 31.4 Å². The van der Waals surface area contributed by atoms with Crippen LogP contribution < -0.4 is 15.0 Å². The second kappa shape index (κ2) is 6.06. The predicted molar refractivity (Wildman–Crippen MR) is 79.5 cm³/mol. The minimum Gasteiger partial charge on any atom is -0.497 e. The van der Waals surface area contributed by atoms with Gasteiger partial charge in [-0.15, -0.1) is 0 Å². The number of nitrogens with one attached hydrogen (secondary N) is 1. The highest BCUT2D eigenvalue weighted by atomic mass is 16.5. The Morgan fingerprint density at radius 2 is 2.15 bits per heavy atom. The molecule has 0 fully saturated rings. The van der Waals surface area contributed by atoms with Crippen molar-refractivity contribution in [2.45, 2.75) is 0 Å². The highest BCUT2D eigenvalue weighted by Gasteiger charge is 2.17. The first kappa shape index (κ1) is 13.9. The van der Waals surface area contributed by atoms with Crippen molar-refractivity contribution in [1.29, 1.82) is 0 Å². The molecule has 1 heterocycles. The third-order valence-electron chi connectivity index (χ3n) is 3.07. The SMILES string of the molecule is CNc1cnccc1C(=O)N(C)c1cccc(OC)c1. The summed E-state index contributed by atoms with van der Waals surface area (Å²) < 4.78 is 5.18. The number of methoxy groups -OCH3 is 1. The van der Waals surface area contributed by atoms with Crippen LogP contribution in [0.4, 0.5) is 11.4 Å². The van der Waals surface area contributed by atoms with E-state index in [0.717, 1.165) is 5.69 Å². The molecule has 0 radical (unpaired) electrons. The molecule has 1 aromatic heterocycles. The van der Waals surface area contributed by atoms with Crippen LogP contribution in [-0.2, 0) is 0 Å². The molecule has 1 aromatic carbocycles. The Hall–Kier alpha value is -2.56. The molecular formula is C15H17N3O2. The standard InChI is InChI=1S/C15H17N3O2/c1-16-14-10-17-8-7-13(14)15(19)18(2)11-5-4-6-12(9-11)20-3/h4-10,16H,1-3H3. The summed E-state index contributed by atoms with van der Waals surface area (Å²) in [4.78, 5) is 18.1. The molecule has 0 aliphatic heterocycles. The van der Waals surface area contributed by atoms with Crippen LogP contribution in [0.15, 0.2) is 42.7 Å². The first-order chi connectivity index (χ1) is 9.67. The molecule has 1 amide bonds. The molecule has 5 nitrogen and oxygen atoms in total. The highest BCUT2D eigenvalue weighted by Crippen LogP contribution is 2.23. The summed E-state index contributed by atoms with van der Waals surface area (Å²) >= 11 is 0. The fourth-order valence-electron chi connectivity index (χ4n) is 1.90. The fourth-order valence-corrected chi connectivity index (χ4v) is 1.90. The quantitative estimate of drug-likeness (QED) is 0.927. The van der Waals surface area contributed by atoms with Crippen LogP contribution in [0.1, 0.15) is 10.4 Å². The largest absolute Gasteiger partial charge is 0.497 e. The Kier molecular flexibility index (Phi) is 4.20. The van der Waals surface area contributed by atoms with Crippen molar-refractivity contribution >= 4 is 17.3 Å². The molecule has 0 spiro atoms. The van der Waals surface area contributed by atoms with E-state index in [1.165, 1.54) is 0 Å². The number of amides is 1. The van der Waals surface area contributed by atoms with Gasteiger partial charge in [0.2, 0.25) is 0 Å². The van der Waals surface area contributed by atoms with Gasteiger partial charge in [0, 0.05) is 32.0 Å². The first-order valence-corrected chi connectivity index (χ1v) is 6.21.